The molecule has 0 aromatic heterocycles. The van der Waals surface area contributed by atoms with Gasteiger partial charge < -0.3 is 5.73 Å². The predicted molar refractivity (Wildman–Crippen MR) is 92.5 cm³/mol. The first-order chi connectivity index (χ1) is 11.0. The quantitative estimate of drug-likeness (QED) is 0.885. The second-order valence-corrected chi connectivity index (χ2v) is 7.87. The Bertz CT molecular complexity index is 749. The normalized spacial score (nSPS) is 17.3. The zero-order valence-electron chi connectivity index (χ0n) is 13.0. The van der Waals surface area contributed by atoms with Crippen LogP contribution in [-0.2, 0) is 10.0 Å². The molecule has 0 unspecified atom stereocenters. The Hall–Kier alpha value is -1.69. The SMILES string of the molecule is NCC1(NS(=O)(=O)c2ccc(-c3ccccc3)cc2)CCCC1. The van der Waals surface area contributed by atoms with E-state index in [4.69, 9.17) is 5.73 Å². The van der Waals surface area contributed by atoms with E-state index in [1.807, 2.05) is 42.5 Å². The number of nitrogens with two attached hydrogens (primary N) is 1. The summed E-state index contributed by atoms with van der Waals surface area (Å²) < 4.78 is 28.1. The molecule has 0 amide bonds. The molecule has 0 aliphatic heterocycles. The smallest absolute Gasteiger partial charge is 0.241 e. The summed E-state index contributed by atoms with van der Waals surface area (Å²) in [5.41, 5.74) is 7.42. The number of hydrogen-bond acceptors (Lipinski definition) is 3. The van der Waals surface area contributed by atoms with E-state index in [0.29, 0.717) is 6.54 Å². The largest absolute Gasteiger partial charge is 0.329 e. The molecule has 1 fully saturated rings. The molecule has 3 N–H and O–H groups in total. The average molecular weight is 330 g/mol. The highest BCUT2D eigenvalue weighted by molar-refractivity contribution is 7.89. The van der Waals surface area contributed by atoms with Crippen molar-refractivity contribution >= 4 is 10.0 Å². The van der Waals surface area contributed by atoms with Gasteiger partial charge >= 0.3 is 0 Å². The average Bonchev–Trinajstić information content (AvgIpc) is 3.04. The van der Waals surface area contributed by atoms with Crippen molar-refractivity contribution in [1.82, 2.24) is 4.72 Å². The molecule has 0 bridgehead atoms. The number of rotatable bonds is 5. The Balaban J connectivity index is 1.83. The van der Waals surface area contributed by atoms with Gasteiger partial charge in [-0.1, -0.05) is 55.3 Å². The Labute approximate surface area is 137 Å². The van der Waals surface area contributed by atoms with Crippen LogP contribution >= 0.6 is 0 Å². The lowest BCUT2D eigenvalue weighted by Gasteiger charge is -2.28. The maximum absolute atomic E-state index is 12.6. The van der Waals surface area contributed by atoms with Gasteiger partial charge in [-0.15, -0.1) is 0 Å². The predicted octanol–water partition coefficient (Wildman–Crippen LogP) is 2.90. The highest BCUT2D eigenvalue weighted by Gasteiger charge is 2.36. The van der Waals surface area contributed by atoms with Gasteiger partial charge in [-0.2, -0.15) is 0 Å². The number of sulfonamides is 1. The summed E-state index contributed by atoms with van der Waals surface area (Å²) in [5, 5.41) is 0. The van der Waals surface area contributed by atoms with Crippen molar-refractivity contribution in [3.63, 3.8) is 0 Å². The molecule has 3 rings (SSSR count). The van der Waals surface area contributed by atoms with E-state index in [2.05, 4.69) is 4.72 Å². The third-order valence-corrected chi connectivity index (χ3v) is 6.17. The monoisotopic (exact) mass is 330 g/mol. The summed E-state index contributed by atoms with van der Waals surface area (Å²) >= 11 is 0. The third kappa shape index (κ3) is 3.47. The highest BCUT2D eigenvalue weighted by atomic mass is 32.2. The van der Waals surface area contributed by atoms with Crippen molar-refractivity contribution in [1.29, 1.82) is 0 Å². The lowest BCUT2D eigenvalue weighted by molar-refractivity contribution is 0.399. The summed E-state index contributed by atoms with van der Waals surface area (Å²) in [4.78, 5) is 0.289. The van der Waals surface area contributed by atoms with Crippen molar-refractivity contribution in [3.8, 4) is 11.1 Å². The zero-order chi connectivity index (χ0) is 16.3. The van der Waals surface area contributed by atoms with Crippen LogP contribution in [0.5, 0.6) is 0 Å². The lowest BCUT2D eigenvalue weighted by Crippen LogP contribution is -2.51. The van der Waals surface area contributed by atoms with Crippen LogP contribution in [0.15, 0.2) is 59.5 Å². The van der Waals surface area contributed by atoms with Crippen LogP contribution in [0.3, 0.4) is 0 Å². The molecule has 23 heavy (non-hydrogen) atoms. The van der Waals surface area contributed by atoms with Crippen LogP contribution in [0.4, 0.5) is 0 Å². The van der Waals surface area contributed by atoms with Crippen molar-refractivity contribution in [3.05, 3.63) is 54.6 Å². The topological polar surface area (TPSA) is 72.2 Å². The molecule has 2 aromatic carbocycles. The van der Waals surface area contributed by atoms with Crippen molar-refractivity contribution in [2.75, 3.05) is 6.54 Å². The van der Waals surface area contributed by atoms with Gasteiger partial charge in [0.2, 0.25) is 10.0 Å². The van der Waals surface area contributed by atoms with Crippen LogP contribution in [-0.4, -0.2) is 20.5 Å². The summed E-state index contributed by atoms with van der Waals surface area (Å²) in [7, 11) is -3.54. The molecular formula is C18H22N2O2S. The fourth-order valence-corrected chi connectivity index (χ4v) is 4.67. The van der Waals surface area contributed by atoms with Crippen molar-refractivity contribution < 1.29 is 8.42 Å². The molecule has 2 aromatic rings. The molecule has 0 atom stereocenters. The fraction of sp³-hybridized carbons (Fsp3) is 0.333. The molecule has 1 aliphatic rings. The van der Waals surface area contributed by atoms with Gasteiger partial charge in [0.1, 0.15) is 0 Å². The first kappa shape index (κ1) is 16.2. The molecule has 0 heterocycles. The van der Waals surface area contributed by atoms with Crippen molar-refractivity contribution in [2.24, 2.45) is 5.73 Å². The highest BCUT2D eigenvalue weighted by Crippen LogP contribution is 2.30. The number of nitrogens with one attached hydrogen (secondary N) is 1. The van der Waals surface area contributed by atoms with E-state index in [9.17, 15) is 8.42 Å². The Kier molecular flexibility index (Phi) is 4.53. The van der Waals surface area contributed by atoms with Crippen LogP contribution < -0.4 is 10.5 Å². The minimum absolute atomic E-state index is 0.289. The van der Waals surface area contributed by atoms with Crippen molar-refractivity contribution in [2.45, 2.75) is 36.1 Å². The van der Waals surface area contributed by atoms with E-state index in [0.717, 1.165) is 36.8 Å². The Morgan fingerprint density at radius 3 is 2.04 bits per heavy atom. The fourth-order valence-electron chi connectivity index (χ4n) is 3.20. The molecule has 4 nitrogen and oxygen atoms in total. The van der Waals surface area contributed by atoms with E-state index < -0.39 is 15.6 Å². The molecule has 1 saturated carbocycles. The van der Waals surface area contributed by atoms with Crippen LogP contribution in [0, 0.1) is 0 Å². The van der Waals surface area contributed by atoms with Crippen LogP contribution in [0.1, 0.15) is 25.7 Å². The van der Waals surface area contributed by atoms with Gasteiger partial charge in [0.25, 0.3) is 0 Å². The first-order valence-corrected chi connectivity index (χ1v) is 9.43. The van der Waals surface area contributed by atoms with Gasteiger partial charge in [0.05, 0.1) is 4.90 Å². The van der Waals surface area contributed by atoms with E-state index in [-0.39, 0.29) is 4.90 Å². The second kappa shape index (κ2) is 6.43. The molecule has 0 spiro atoms. The summed E-state index contributed by atoms with van der Waals surface area (Å²) in [5.74, 6) is 0. The van der Waals surface area contributed by atoms with Gasteiger partial charge in [0, 0.05) is 12.1 Å². The van der Waals surface area contributed by atoms with E-state index in [1.165, 1.54) is 0 Å². The second-order valence-electron chi connectivity index (χ2n) is 6.19. The Morgan fingerprint density at radius 1 is 0.913 bits per heavy atom. The summed E-state index contributed by atoms with van der Waals surface area (Å²) in [6.07, 6.45) is 3.66. The molecule has 0 saturated heterocycles. The standard InChI is InChI=1S/C18H22N2O2S/c19-14-18(12-4-5-13-18)20-23(21,22)17-10-8-16(9-11-17)15-6-2-1-3-7-15/h1-3,6-11,20H,4-5,12-14,19H2. The van der Waals surface area contributed by atoms with E-state index in [1.54, 1.807) is 12.1 Å². The Morgan fingerprint density at radius 2 is 1.48 bits per heavy atom. The van der Waals surface area contributed by atoms with E-state index >= 15 is 0 Å². The van der Waals surface area contributed by atoms with Gasteiger partial charge in [0.15, 0.2) is 0 Å². The number of hydrogen-bond donors (Lipinski definition) is 2. The maximum atomic E-state index is 12.6. The lowest BCUT2D eigenvalue weighted by atomic mass is 10.0. The molecule has 5 heteroatoms. The van der Waals surface area contributed by atoms with Crippen LogP contribution in [0.25, 0.3) is 11.1 Å². The first-order valence-electron chi connectivity index (χ1n) is 7.94. The minimum atomic E-state index is -3.54. The number of benzene rings is 2. The van der Waals surface area contributed by atoms with Gasteiger partial charge in [-0.3, -0.25) is 0 Å². The van der Waals surface area contributed by atoms with Gasteiger partial charge in [-0.05, 0) is 36.1 Å². The maximum Gasteiger partial charge on any atom is 0.241 e. The molecule has 1 aliphatic carbocycles. The summed E-state index contributed by atoms with van der Waals surface area (Å²) in [6, 6.07) is 16.9. The molecular weight excluding hydrogens is 308 g/mol. The third-order valence-electron chi connectivity index (χ3n) is 4.57. The minimum Gasteiger partial charge on any atom is -0.329 e. The van der Waals surface area contributed by atoms with Crippen LogP contribution in [0.2, 0.25) is 0 Å². The summed E-state index contributed by atoms with van der Waals surface area (Å²) in [6.45, 7) is 0.342. The molecule has 122 valence electrons. The molecule has 0 radical (unpaired) electrons. The van der Waals surface area contributed by atoms with Gasteiger partial charge in [-0.25, -0.2) is 13.1 Å². The zero-order valence-corrected chi connectivity index (χ0v) is 13.9.